The number of ether oxygens (including phenoxy) is 2. The topological polar surface area (TPSA) is 60.4 Å². The molecule has 0 aliphatic rings. The van der Waals surface area contributed by atoms with E-state index in [4.69, 9.17) is 9.47 Å². The number of anilines is 1. The molecule has 1 aromatic carbocycles. The summed E-state index contributed by atoms with van der Waals surface area (Å²) < 4.78 is 11.6. The van der Waals surface area contributed by atoms with Crippen LogP contribution in [0.2, 0.25) is 0 Å². The molecule has 2 aromatic rings. The Balaban J connectivity index is 2.14. The van der Waals surface area contributed by atoms with E-state index >= 15 is 0 Å². The van der Waals surface area contributed by atoms with Crippen LogP contribution in [-0.2, 0) is 9.47 Å². The van der Waals surface area contributed by atoms with E-state index in [0.717, 1.165) is 44.5 Å². The van der Waals surface area contributed by atoms with E-state index in [1.54, 1.807) is 0 Å². The van der Waals surface area contributed by atoms with Crippen LogP contribution in [0, 0.1) is 6.92 Å². The number of nitrogens with zero attached hydrogens (tertiary/aromatic N) is 4. The van der Waals surface area contributed by atoms with Crippen LogP contribution in [0.15, 0.2) is 30.3 Å². The number of hydrogen-bond donors (Lipinski definition) is 0. The van der Waals surface area contributed by atoms with Gasteiger partial charge in [0.25, 0.3) is 0 Å². The third-order valence-electron chi connectivity index (χ3n) is 3.83. The predicted molar refractivity (Wildman–Crippen MR) is 104 cm³/mol. The van der Waals surface area contributed by atoms with Gasteiger partial charge in [0.05, 0.1) is 0 Å². The highest BCUT2D eigenvalue weighted by Crippen LogP contribution is 2.17. The molecule has 26 heavy (non-hydrogen) atoms. The molecular formula is C20H30N4O2. The van der Waals surface area contributed by atoms with Gasteiger partial charge in [-0.15, -0.1) is 0 Å². The molecule has 0 aliphatic carbocycles. The van der Waals surface area contributed by atoms with Crippen LogP contribution in [0.1, 0.15) is 45.4 Å². The first kappa shape index (κ1) is 20.3. The van der Waals surface area contributed by atoms with Crippen molar-refractivity contribution in [3.63, 3.8) is 0 Å². The Bertz CT molecular complexity index is 625. The van der Waals surface area contributed by atoms with Crippen LogP contribution >= 0.6 is 0 Å². The summed E-state index contributed by atoms with van der Waals surface area (Å²) in [5.74, 6) is 1.94. The van der Waals surface area contributed by atoms with Gasteiger partial charge < -0.3 is 9.47 Å². The van der Waals surface area contributed by atoms with Crippen molar-refractivity contribution in [1.82, 2.24) is 15.0 Å². The maximum atomic E-state index is 5.78. The third-order valence-corrected chi connectivity index (χ3v) is 3.83. The van der Waals surface area contributed by atoms with E-state index in [-0.39, 0.29) is 0 Å². The largest absolute Gasteiger partial charge is 0.361 e. The predicted octanol–water partition coefficient (Wildman–Crippen LogP) is 4.20. The minimum Gasteiger partial charge on any atom is -0.361 e. The van der Waals surface area contributed by atoms with Gasteiger partial charge >= 0.3 is 0 Å². The molecule has 0 spiro atoms. The molecule has 1 heterocycles. The molecule has 0 aliphatic heterocycles. The number of aromatic nitrogens is 3. The molecule has 6 heteroatoms. The van der Waals surface area contributed by atoms with Crippen molar-refractivity contribution in [2.45, 2.75) is 46.5 Å². The summed E-state index contributed by atoms with van der Waals surface area (Å²) in [6, 6.07) is 9.94. The van der Waals surface area contributed by atoms with E-state index in [1.165, 1.54) is 0 Å². The lowest BCUT2D eigenvalue weighted by molar-refractivity contribution is 0.0811. The fourth-order valence-electron chi connectivity index (χ4n) is 2.32. The zero-order valence-corrected chi connectivity index (χ0v) is 16.1. The van der Waals surface area contributed by atoms with Crippen molar-refractivity contribution in [1.29, 1.82) is 0 Å². The summed E-state index contributed by atoms with van der Waals surface area (Å²) >= 11 is 0. The van der Waals surface area contributed by atoms with Crippen molar-refractivity contribution in [2.75, 3.05) is 31.6 Å². The number of hydrogen-bond acceptors (Lipinski definition) is 6. The minimum absolute atomic E-state index is 0.407. The van der Waals surface area contributed by atoms with Crippen molar-refractivity contribution >= 4 is 5.95 Å². The fraction of sp³-hybridized carbons (Fsp3) is 0.550. The molecule has 0 saturated carbocycles. The molecule has 142 valence electrons. The zero-order valence-electron chi connectivity index (χ0n) is 16.1. The standard InChI is InChI=1S/C20H30N4O2/c1-4-6-13-25-15-24(16-26-14-7-5-2)20-22-17(3)21-19(23-20)18-11-9-8-10-12-18/h8-12H,4-7,13-16H2,1-3H3. The van der Waals surface area contributed by atoms with Crippen LogP contribution in [0.3, 0.4) is 0 Å². The Morgan fingerprint density at radius 3 is 2.04 bits per heavy atom. The maximum absolute atomic E-state index is 5.78. The van der Waals surface area contributed by atoms with Crippen molar-refractivity contribution in [3.8, 4) is 11.4 Å². The number of rotatable bonds is 12. The number of aryl methyl sites for hydroxylation is 1. The van der Waals surface area contributed by atoms with Gasteiger partial charge in [-0.1, -0.05) is 57.0 Å². The summed E-state index contributed by atoms with van der Waals surface area (Å²) in [6.07, 6.45) is 4.29. The van der Waals surface area contributed by atoms with Gasteiger partial charge in [0, 0.05) is 18.8 Å². The average molecular weight is 358 g/mol. The molecule has 0 unspecified atom stereocenters. The fourth-order valence-corrected chi connectivity index (χ4v) is 2.32. The van der Waals surface area contributed by atoms with Gasteiger partial charge in [-0.3, -0.25) is 4.90 Å². The minimum atomic E-state index is 0.407. The molecule has 0 fully saturated rings. The van der Waals surface area contributed by atoms with Crippen LogP contribution in [0.4, 0.5) is 5.95 Å². The molecule has 0 amide bonds. The van der Waals surface area contributed by atoms with Gasteiger partial charge in [0.2, 0.25) is 5.95 Å². The first-order chi connectivity index (χ1) is 12.7. The van der Waals surface area contributed by atoms with Crippen LogP contribution in [0.25, 0.3) is 11.4 Å². The highest BCUT2D eigenvalue weighted by molar-refractivity contribution is 5.55. The Labute approximate surface area is 156 Å². The second kappa shape index (κ2) is 11.5. The second-order valence-electron chi connectivity index (χ2n) is 6.19. The lowest BCUT2D eigenvalue weighted by atomic mass is 10.2. The molecule has 6 nitrogen and oxygen atoms in total. The highest BCUT2D eigenvalue weighted by Gasteiger charge is 2.14. The monoisotopic (exact) mass is 358 g/mol. The van der Waals surface area contributed by atoms with Gasteiger partial charge in [0.15, 0.2) is 5.82 Å². The number of benzene rings is 1. The molecule has 1 aromatic heterocycles. The van der Waals surface area contributed by atoms with Crippen molar-refractivity contribution in [3.05, 3.63) is 36.2 Å². The zero-order chi connectivity index (χ0) is 18.6. The van der Waals surface area contributed by atoms with Crippen molar-refractivity contribution < 1.29 is 9.47 Å². The number of unbranched alkanes of at least 4 members (excludes halogenated alkanes) is 2. The molecule has 0 radical (unpaired) electrons. The van der Waals surface area contributed by atoms with E-state index in [2.05, 4.69) is 28.8 Å². The van der Waals surface area contributed by atoms with Gasteiger partial charge in [-0.25, -0.2) is 4.98 Å². The highest BCUT2D eigenvalue weighted by atomic mass is 16.5. The SMILES string of the molecule is CCCCOCN(COCCCC)c1nc(C)nc(-c2ccccc2)n1. The molecule has 0 atom stereocenters. The lowest BCUT2D eigenvalue weighted by Crippen LogP contribution is -2.31. The second-order valence-corrected chi connectivity index (χ2v) is 6.19. The first-order valence-electron chi connectivity index (χ1n) is 9.43. The molecular weight excluding hydrogens is 328 g/mol. The van der Waals surface area contributed by atoms with E-state index in [9.17, 15) is 0 Å². The van der Waals surface area contributed by atoms with Crippen LogP contribution in [0.5, 0.6) is 0 Å². The van der Waals surface area contributed by atoms with E-state index < -0.39 is 0 Å². The van der Waals surface area contributed by atoms with Crippen LogP contribution in [-0.4, -0.2) is 41.6 Å². The van der Waals surface area contributed by atoms with E-state index in [1.807, 2.05) is 42.2 Å². The Hall–Kier alpha value is -2.05. The lowest BCUT2D eigenvalue weighted by Gasteiger charge is -2.23. The Kier molecular flexibility index (Phi) is 9.00. The first-order valence-corrected chi connectivity index (χ1v) is 9.43. The van der Waals surface area contributed by atoms with Crippen LogP contribution < -0.4 is 4.90 Å². The molecule has 0 saturated heterocycles. The normalized spacial score (nSPS) is 10.9. The third kappa shape index (κ3) is 6.69. The quantitative estimate of drug-likeness (QED) is 0.418. The van der Waals surface area contributed by atoms with Gasteiger partial charge in [0.1, 0.15) is 19.3 Å². The maximum Gasteiger partial charge on any atom is 0.232 e. The van der Waals surface area contributed by atoms with Crippen molar-refractivity contribution in [2.24, 2.45) is 0 Å². The summed E-state index contributed by atoms with van der Waals surface area (Å²) in [5.41, 5.74) is 0.970. The smallest absolute Gasteiger partial charge is 0.232 e. The molecule has 0 bridgehead atoms. The Morgan fingerprint density at radius 1 is 0.846 bits per heavy atom. The summed E-state index contributed by atoms with van der Waals surface area (Å²) in [7, 11) is 0. The average Bonchev–Trinajstić information content (AvgIpc) is 2.67. The summed E-state index contributed by atoms with van der Waals surface area (Å²) in [6.45, 7) is 8.43. The summed E-state index contributed by atoms with van der Waals surface area (Å²) in [4.78, 5) is 15.5. The van der Waals surface area contributed by atoms with Gasteiger partial charge in [-0.2, -0.15) is 9.97 Å². The molecule has 0 N–H and O–H groups in total. The molecule has 2 rings (SSSR count). The van der Waals surface area contributed by atoms with E-state index in [0.29, 0.717) is 31.1 Å². The Morgan fingerprint density at radius 2 is 1.46 bits per heavy atom. The van der Waals surface area contributed by atoms with Gasteiger partial charge in [-0.05, 0) is 19.8 Å². The summed E-state index contributed by atoms with van der Waals surface area (Å²) in [5, 5.41) is 0.